The van der Waals surface area contributed by atoms with Gasteiger partial charge in [-0.25, -0.2) is 15.0 Å². The molecule has 0 unspecified atom stereocenters. The highest BCUT2D eigenvalue weighted by Crippen LogP contribution is 2.30. The number of nitrogens with zero attached hydrogens (tertiary/aromatic N) is 4. The molecule has 8 heteroatoms. The summed E-state index contributed by atoms with van der Waals surface area (Å²) in [6, 6.07) is 8.92. The molecular formula is C18H17N5O3. The highest BCUT2D eigenvalue weighted by Gasteiger charge is 2.36. The van der Waals surface area contributed by atoms with Crippen molar-refractivity contribution in [1.82, 2.24) is 19.5 Å². The fourth-order valence-corrected chi connectivity index (χ4v) is 2.65. The van der Waals surface area contributed by atoms with E-state index in [4.69, 9.17) is 9.47 Å². The van der Waals surface area contributed by atoms with Crippen molar-refractivity contribution in [3.63, 3.8) is 0 Å². The lowest BCUT2D eigenvalue weighted by Gasteiger charge is -2.16. The summed E-state index contributed by atoms with van der Waals surface area (Å²) in [5.74, 6) is 0.0897. The number of benzene rings is 1. The van der Waals surface area contributed by atoms with Crippen LogP contribution < -0.4 is 5.32 Å². The van der Waals surface area contributed by atoms with Crippen LogP contribution in [-0.4, -0.2) is 44.7 Å². The first-order valence-corrected chi connectivity index (χ1v) is 8.16. The van der Waals surface area contributed by atoms with Crippen LogP contribution in [0.4, 0.5) is 5.82 Å². The molecule has 0 bridgehead atoms. The van der Waals surface area contributed by atoms with Crippen molar-refractivity contribution in [2.75, 3.05) is 18.5 Å². The molecule has 0 spiro atoms. The molecule has 0 aliphatic carbocycles. The average molecular weight is 351 g/mol. The number of fused-ring (bicyclic) bond motifs is 1. The van der Waals surface area contributed by atoms with Gasteiger partial charge in [0.25, 0.3) is 5.91 Å². The summed E-state index contributed by atoms with van der Waals surface area (Å²) in [7, 11) is 0. The Morgan fingerprint density at radius 3 is 2.92 bits per heavy atom. The van der Waals surface area contributed by atoms with Crippen LogP contribution in [0.15, 0.2) is 55.6 Å². The average Bonchev–Trinajstić information content (AvgIpc) is 3.42. The van der Waals surface area contributed by atoms with Crippen LogP contribution in [0.25, 0.3) is 11.2 Å². The van der Waals surface area contributed by atoms with Gasteiger partial charge in [-0.2, -0.15) is 0 Å². The molecule has 132 valence electrons. The number of ether oxygens (including phenoxy) is 2. The molecule has 1 N–H and O–H groups in total. The Bertz CT molecular complexity index is 936. The van der Waals surface area contributed by atoms with Crippen LogP contribution >= 0.6 is 0 Å². The fourth-order valence-electron chi connectivity index (χ4n) is 2.65. The molecule has 4 rings (SSSR count). The van der Waals surface area contributed by atoms with Crippen LogP contribution in [0.3, 0.4) is 0 Å². The number of nitrogens with one attached hydrogen (secondary N) is 1. The standard InChI is InChI=1S/C18H17N5O3/c1-2-8-25-18(13-9-26-13)23-11-21-14-15(19-10-20-16(14)23)22-17(24)12-6-4-3-5-7-12/h2-7,10-11,13,18H,1,8-9H2,(H,19,20,22,24)/t13-,18-/m1/s1. The van der Waals surface area contributed by atoms with E-state index in [-0.39, 0.29) is 18.2 Å². The molecule has 2 aromatic heterocycles. The van der Waals surface area contributed by atoms with Crippen molar-refractivity contribution < 1.29 is 14.3 Å². The van der Waals surface area contributed by atoms with E-state index in [1.807, 2.05) is 6.07 Å². The van der Waals surface area contributed by atoms with Gasteiger partial charge in [-0.1, -0.05) is 24.3 Å². The Morgan fingerprint density at radius 2 is 2.19 bits per heavy atom. The van der Waals surface area contributed by atoms with Gasteiger partial charge in [0.05, 0.1) is 19.5 Å². The molecule has 26 heavy (non-hydrogen) atoms. The summed E-state index contributed by atoms with van der Waals surface area (Å²) in [5.41, 5.74) is 1.59. The van der Waals surface area contributed by atoms with Crippen LogP contribution in [0, 0.1) is 0 Å². The molecular weight excluding hydrogens is 334 g/mol. The van der Waals surface area contributed by atoms with E-state index in [2.05, 4.69) is 26.8 Å². The summed E-state index contributed by atoms with van der Waals surface area (Å²) in [4.78, 5) is 25.2. The lowest BCUT2D eigenvalue weighted by atomic mass is 10.2. The zero-order valence-electron chi connectivity index (χ0n) is 13.9. The second kappa shape index (κ2) is 7.03. The van der Waals surface area contributed by atoms with Crippen molar-refractivity contribution in [1.29, 1.82) is 0 Å². The SMILES string of the molecule is C=CCO[C@H]([C@H]1CO1)n1cnc2c(NC(=O)c3ccccc3)ncnc21. The van der Waals surface area contributed by atoms with Gasteiger partial charge in [0.15, 0.2) is 23.2 Å². The van der Waals surface area contributed by atoms with Crippen molar-refractivity contribution in [3.05, 3.63) is 61.2 Å². The first kappa shape index (κ1) is 16.4. The third kappa shape index (κ3) is 3.19. The topological polar surface area (TPSA) is 94.5 Å². The number of aromatic nitrogens is 4. The van der Waals surface area contributed by atoms with E-state index in [0.29, 0.717) is 35.8 Å². The Hall–Kier alpha value is -3.10. The summed E-state index contributed by atoms with van der Waals surface area (Å²) >= 11 is 0. The minimum atomic E-state index is -0.356. The minimum Gasteiger partial charge on any atom is -0.368 e. The molecule has 0 saturated carbocycles. The van der Waals surface area contributed by atoms with Gasteiger partial charge < -0.3 is 14.8 Å². The maximum absolute atomic E-state index is 12.4. The zero-order chi connectivity index (χ0) is 17.9. The van der Waals surface area contributed by atoms with Crippen LogP contribution in [0.5, 0.6) is 0 Å². The smallest absolute Gasteiger partial charge is 0.256 e. The van der Waals surface area contributed by atoms with E-state index >= 15 is 0 Å². The molecule has 3 aromatic rings. The van der Waals surface area contributed by atoms with Gasteiger partial charge in [0.2, 0.25) is 0 Å². The normalized spacial score (nSPS) is 17.0. The van der Waals surface area contributed by atoms with Gasteiger partial charge in [-0.15, -0.1) is 6.58 Å². The summed E-state index contributed by atoms with van der Waals surface area (Å²) < 4.78 is 13.0. The van der Waals surface area contributed by atoms with Crippen molar-refractivity contribution in [3.8, 4) is 0 Å². The Balaban J connectivity index is 1.64. The van der Waals surface area contributed by atoms with Gasteiger partial charge in [-0.05, 0) is 12.1 Å². The monoisotopic (exact) mass is 351 g/mol. The molecule has 3 heterocycles. The number of hydrogen-bond acceptors (Lipinski definition) is 6. The number of imidazole rings is 1. The molecule has 1 aliphatic heterocycles. The minimum absolute atomic E-state index is 0.0512. The van der Waals surface area contributed by atoms with E-state index in [9.17, 15) is 4.79 Å². The highest BCUT2D eigenvalue weighted by atomic mass is 16.6. The highest BCUT2D eigenvalue weighted by molar-refractivity contribution is 6.06. The number of hydrogen-bond donors (Lipinski definition) is 1. The van der Waals surface area contributed by atoms with E-state index in [1.54, 1.807) is 41.2 Å². The maximum Gasteiger partial charge on any atom is 0.256 e. The van der Waals surface area contributed by atoms with Gasteiger partial charge in [-0.3, -0.25) is 9.36 Å². The largest absolute Gasteiger partial charge is 0.368 e. The van der Waals surface area contributed by atoms with Crippen LogP contribution in [0.1, 0.15) is 16.6 Å². The summed E-state index contributed by atoms with van der Waals surface area (Å²) in [6.07, 6.45) is 4.27. The lowest BCUT2D eigenvalue weighted by Crippen LogP contribution is -2.19. The second-order valence-corrected chi connectivity index (χ2v) is 5.75. The van der Waals surface area contributed by atoms with E-state index < -0.39 is 0 Å². The maximum atomic E-state index is 12.4. The van der Waals surface area contributed by atoms with E-state index in [0.717, 1.165) is 0 Å². The number of carbonyl (C=O) groups excluding carboxylic acids is 1. The second-order valence-electron chi connectivity index (χ2n) is 5.75. The van der Waals surface area contributed by atoms with Gasteiger partial charge in [0.1, 0.15) is 12.4 Å². The molecule has 1 fully saturated rings. The van der Waals surface area contributed by atoms with Crippen LogP contribution in [-0.2, 0) is 9.47 Å². The van der Waals surface area contributed by atoms with Gasteiger partial charge in [0, 0.05) is 5.56 Å². The van der Waals surface area contributed by atoms with E-state index in [1.165, 1.54) is 6.33 Å². The molecule has 0 radical (unpaired) electrons. The molecule has 1 saturated heterocycles. The fraction of sp³-hybridized carbons (Fsp3) is 0.222. The van der Waals surface area contributed by atoms with Crippen molar-refractivity contribution in [2.45, 2.75) is 12.3 Å². The summed E-state index contributed by atoms with van der Waals surface area (Å²) in [6.45, 7) is 4.66. The Kier molecular flexibility index (Phi) is 4.42. The Morgan fingerprint density at radius 1 is 1.38 bits per heavy atom. The third-order valence-electron chi connectivity index (χ3n) is 3.96. The predicted octanol–water partition coefficient (Wildman–Crippen LogP) is 2.18. The molecule has 2 atom stereocenters. The first-order chi connectivity index (χ1) is 12.8. The Labute approximate surface area is 149 Å². The number of amides is 1. The molecule has 1 aromatic carbocycles. The molecule has 8 nitrogen and oxygen atoms in total. The number of anilines is 1. The lowest BCUT2D eigenvalue weighted by molar-refractivity contribution is 0.00132. The van der Waals surface area contributed by atoms with Crippen molar-refractivity contribution >= 4 is 22.9 Å². The quantitative estimate of drug-likeness (QED) is 0.518. The van der Waals surface area contributed by atoms with Gasteiger partial charge >= 0.3 is 0 Å². The zero-order valence-corrected chi connectivity index (χ0v) is 13.9. The molecule has 1 aliphatic rings. The number of carbonyl (C=O) groups is 1. The van der Waals surface area contributed by atoms with Crippen molar-refractivity contribution in [2.24, 2.45) is 0 Å². The predicted molar refractivity (Wildman–Crippen MR) is 94.6 cm³/mol. The molecule has 1 amide bonds. The number of epoxide rings is 1. The summed E-state index contributed by atoms with van der Waals surface area (Å²) in [5, 5.41) is 2.79. The number of rotatable bonds is 7. The first-order valence-electron chi connectivity index (χ1n) is 8.16. The van der Waals surface area contributed by atoms with Crippen LogP contribution in [0.2, 0.25) is 0 Å². The third-order valence-corrected chi connectivity index (χ3v) is 3.96.